The number of rotatable bonds is 4. The Hall–Kier alpha value is -1.70. The minimum Gasteiger partial charge on any atom is -0.382 e. The van der Waals surface area contributed by atoms with Crippen molar-refractivity contribution in [1.29, 1.82) is 5.26 Å². The average molecular weight is 256 g/mol. The Morgan fingerprint density at radius 1 is 1.39 bits per heavy atom. The number of hydrogen-bond donors (Lipinski definition) is 1. The van der Waals surface area contributed by atoms with Crippen LogP contribution in [0.15, 0.2) is 18.2 Å². The fourth-order valence-electron chi connectivity index (χ4n) is 1.71. The maximum Gasteiger partial charge on any atom is 0.416 e. The molecular weight excluding hydrogens is 241 g/mol. The summed E-state index contributed by atoms with van der Waals surface area (Å²) in [5.41, 5.74) is -0.327. The summed E-state index contributed by atoms with van der Waals surface area (Å²) in [6.07, 6.45) is -2.55. The number of nitrogens with zero attached hydrogens (tertiary/aromatic N) is 1. The van der Waals surface area contributed by atoms with Gasteiger partial charge in [-0.25, -0.2) is 0 Å². The van der Waals surface area contributed by atoms with Crippen LogP contribution in [0, 0.1) is 11.3 Å². The Morgan fingerprint density at radius 2 is 2.06 bits per heavy atom. The predicted octanol–water partition coefficient (Wildman–Crippen LogP) is 4.18. The van der Waals surface area contributed by atoms with Gasteiger partial charge in [0.05, 0.1) is 16.8 Å². The molecule has 0 fully saturated rings. The Morgan fingerprint density at radius 3 is 2.56 bits per heavy atom. The number of hydrogen-bond acceptors (Lipinski definition) is 2. The minimum atomic E-state index is -4.42. The molecule has 0 bridgehead atoms. The van der Waals surface area contributed by atoms with Crippen molar-refractivity contribution < 1.29 is 13.2 Å². The molecule has 0 saturated carbocycles. The number of halogens is 3. The number of benzene rings is 1. The van der Waals surface area contributed by atoms with Gasteiger partial charge in [-0.15, -0.1) is 0 Å². The third-order valence-corrected chi connectivity index (χ3v) is 2.59. The number of nitrogens with one attached hydrogen (secondary N) is 1. The maximum absolute atomic E-state index is 12.5. The van der Waals surface area contributed by atoms with E-state index in [4.69, 9.17) is 5.26 Å². The zero-order chi connectivity index (χ0) is 13.8. The molecule has 1 N–H and O–H groups in total. The van der Waals surface area contributed by atoms with Gasteiger partial charge in [0.25, 0.3) is 0 Å². The van der Waals surface area contributed by atoms with Gasteiger partial charge in [0.2, 0.25) is 0 Å². The first-order valence-electron chi connectivity index (χ1n) is 5.76. The molecule has 0 radical (unpaired) electrons. The zero-order valence-corrected chi connectivity index (χ0v) is 10.3. The van der Waals surface area contributed by atoms with Crippen LogP contribution in [0.3, 0.4) is 0 Å². The highest BCUT2D eigenvalue weighted by Gasteiger charge is 2.31. The fraction of sp³-hybridized carbons (Fsp3) is 0.462. The Labute approximate surface area is 104 Å². The van der Waals surface area contributed by atoms with Crippen LogP contribution < -0.4 is 5.32 Å². The second-order valence-corrected chi connectivity index (χ2v) is 4.20. The monoisotopic (exact) mass is 256 g/mol. The molecule has 1 unspecified atom stereocenters. The van der Waals surface area contributed by atoms with Crippen molar-refractivity contribution in [3.63, 3.8) is 0 Å². The molecule has 18 heavy (non-hydrogen) atoms. The molecule has 0 spiro atoms. The van der Waals surface area contributed by atoms with E-state index in [9.17, 15) is 13.2 Å². The van der Waals surface area contributed by atoms with Crippen molar-refractivity contribution in [3.8, 4) is 6.07 Å². The highest BCUT2D eigenvalue weighted by molar-refractivity contribution is 5.59. The SMILES string of the molecule is CCCC(C)Nc1ccc(C(F)(F)F)cc1C#N. The lowest BCUT2D eigenvalue weighted by atomic mass is 10.1. The van der Waals surface area contributed by atoms with Gasteiger partial charge in [-0.05, 0) is 31.5 Å². The molecule has 0 aromatic heterocycles. The van der Waals surface area contributed by atoms with Gasteiger partial charge in [0, 0.05) is 6.04 Å². The number of anilines is 1. The van der Waals surface area contributed by atoms with Gasteiger partial charge in [0.1, 0.15) is 6.07 Å². The highest BCUT2D eigenvalue weighted by Crippen LogP contribution is 2.31. The van der Waals surface area contributed by atoms with Crippen LogP contribution in [0.25, 0.3) is 0 Å². The van der Waals surface area contributed by atoms with Gasteiger partial charge >= 0.3 is 6.18 Å². The zero-order valence-electron chi connectivity index (χ0n) is 10.3. The minimum absolute atomic E-state index is 0.0211. The van der Waals surface area contributed by atoms with Gasteiger partial charge in [-0.1, -0.05) is 13.3 Å². The van der Waals surface area contributed by atoms with Crippen LogP contribution >= 0.6 is 0 Å². The lowest BCUT2D eigenvalue weighted by Gasteiger charge is -2.16. The van der Waals surface area contributed by atoms with Crippen LogP contribution in [0.1, 0.15) is 37.8 Å². The summed E-state index contributed by atoms with van der Waals surface area (Å²) in [5.74, 6) is 0. The van der Waals surface area contributed by atoms with Gasteiger partial charge < -0.3 is 5.32 Å². The van der Waals surface area contributed by atoms with E-state index in [0.717, 1.165) is 25.0 Å². The molecule has 0 aliphatic heterocycles. The van der Waals surface area contributed by atoms with E-state index in [-0.39, 0.29) is 11.6 Å². The van der Waals surface area contributed by atoms with Crippen LogP contribution in [-0.2, 0) is 6.18 Å². The molecule has 0 amide bonds. The molecule has 1 aromatic rings. The Bertz CT molecular complexity index is 447. The molecule has 2 nitrogen and oxygen atoms in total. The van der Waals surface area contributed by atoms with Crippen LogP contribution in [0.5, 0.6) is 0 Å². The third kappa shape index (κ3) is 3.66. The Balaban J connectivity index is 2.98. The summed E-state index contributed by atoms with van der Waals surface area (Å²) < 4.78 is 37.5. The summed E-state index contributed by atoms with van der Waals surface area (Å²) >= 11 is 0. The van der Waals surface area contributed by atoms with Gasteiger partial charge in [-0.3, -0.25) is 0 Å². The van der Waals surface area contributed by atoms with E-state index in [1.54, 1.807) is 6.07 Å². The normalized spacial score (nSPS) is 12.9. The van der Waals surface area contributed by atoms with Gasteiger partial charge in [0.15, 0.2) is 0 Å². The largest absolute Gasteiger partial charge is 0.416 e. The maximum atomic E-state index is 12.5. The Kier molecular flexibility index (Phi) is 4.60. The first-order chi connectivity index (χ1) is 8.38. The molecular formula is C13H15F3N2. The lowest BCUT2D eigenvalue weighted by Crippen LogP contribution is -2.16. The highest BCUT2D eigenvalue weighted by atomic mass is 19.4. The van der Waals surface area contributed by atoms with E-state index >= 15 is 0 Å². The summed E-state index contributed by atoms with van der Waals surface area (Å²) in [6.45, 7) is 3.96. The van der Waals surface area contributed by atoms with Crippen LogP contribution in [0.4, 0.5) is 18.9 Å². The van der Waals surface area contributed by atoms with Crippen molar-refractivity contribution in [2.75, 3.05) is 5.32 Å². The molecule has 1 rings (SSSR count). The van der Waals surface area contributed by atoms with Crippen molar-refractivity contribution in [2.45, 2.75) is 38.9 Å². The van der Waals surface area contributed by atoms with E-state index in [2.05, 4.69) is 5.32 Å². The fourth-order valence-corrected chi connectivity index (χ4v) is 1.71. The summed E-state index contributed by atoms with van der Waals surface area (Å²) in [4.78, 5) is 0. The summed E-state index contributed by atoms with van der Waals surface area (Å²) in [7, 11) is 0. The first kappa shape index (κ1) is 14.4. The second kappa shape index (κ2) is 5.76. The van der Waals surface area contributed by atoms with Gasteiger partial charge in [-0.2, -0.15) is 18.4 Å². The van der Waals surface area contributed by atoms with Crippen LogP contribution in [0.2, 0.25) is 0 Å². The molecule has 98 valence electrons. The average Bonchev–Trinajstić information content (AvgIpc) is 2.28. The van der Waals surface area contributed by atoms with Crippen molar-refractivity contribution in [2.24, 2.45) is 0 Å². The van der Waals surface area contributed by atoms with E-state index in [0.29, 0.717) is 5.69 Å². The lowest BCUT2D eigenvalue weighted by molar-refractivity contribution is -0.137. The molecule has 0 saturated heterocycles. The van der Waals surface area contributed by atoms with Crippen molar-refractivity contribution >= 4 is 5.69 Å². The summed E-state index contributed by atoms with van der Waals surface area (Å²) in [6, 6.07) is 5.09. The summed E-state index contributed by atoms with van der Waals surface area (Å²) in [5, 5.41) is 11.9. The topological polar surface area (TPSA) is 35.8 Å². The van der Waals surface area contributed by atoms with E-state index in [1.165, 1.54) is 6.07 Å². The smallest absolute Gasteiger partial charge is 0.382 e. The first-order valence-corrected chi connectivity index (χ1v) is 5.76. The van der Waals surface area contributed by atoms with E-state index in [1.807, 2.05) is 13.8 Å². The number of alkyl halides is 3. The predicted molar refractivity (Wildman–Crippen MR) is 64.2 cm³/mol. The standard InChI is InChI=1S/C13H15F3N2/c1-3-4-9(2)18-12-6-5-11(13(14,15)16)7-10(12)8-17/h5-7,9,18H,3-4H2,1-2H3. The quantitative estimate of drug-likeness (QED) is 0.877. The molecule has 1 atom stereocenters. The molecule has 0 aliphatic carbocycles. The van der Waals surface area contributed by atoms with E-state index < -0.39 is 11.7 Å². The number of nitriles is 1. The third-order valence-electron chi connectivity index (χ3n) is 2.59. The second-order valence-electron chi connectivity index (χ2n) is 4.20. The van der Waals surface area contributed by atoms with Crippen LogP contribution in [-0.4, -0.2) is 6.04 Å². The molecule has 5 heteroatoms. The molecule has 0 aliphatic rings. The van der Waals surface area contributed by atoms with Crippen molar-refractivity contribution in [3.05, 3.63) is 29.3 Å². The molecule has 0 heterocycles. The molecule has 1 aromatic carbocycles. The van der Waals surface area contributed by atoms with Crippen molar-refractivity contribution in [1.82, 2.24) is 0 Å².